The van der Waals surface area contributed by atoms with Gasteiger partial charge in [0.1, 0.15) is 47.2 Å². The molecule has 1 N–H and O–H groups in total. The predicted octanol–water partition coefficient (Wildman–Crippen LogP) is 6.62. The van der Waals surface area contributed by atoms with Crippen molar-refractivity contribution >= 4 is 39.2 Å². The molecule has 52 heavy (non-hydrogen) atoms. The highest BCUT2D eigenvalue weighted by molar-refractivity contribution is 6.02. The van der Waals surface area contributed by atoms with Crippen LogP contribution in [0.15, 0.2) is 54.9 Å². The fourth-order valence-electron chi connectivity index (χ4n) is 8.47. The summed E-state index contributed by atoms with van der Waals surface area (Å²) in [4.78, 5) is 37.3. The molecule has 0 bridgehead atoms. The van der Waals surface area contributed by atoms with Gasteiger partial charge in [-0.2, -0.15) is 9.97 Å². The molecule has 2 atom stereocenters. The highest BCUT2D eigenvalue weighted by atomic mass is 19.1. The minimum absolute atomic E-state index is 0.0309. The first-order valence-corrected chi connectivity index (χ1v) is 17.9. The molecule has 3 aromatic heterocycles. The highest BCUT2D eigenvalue weighted by Crippen LogP contribution is 2.42. The number of alkyl halides is 1. The van der Waals surface area contributed by atoms with Gasteiger partial charge in [0.15, 0.2) is 5.82 Å². The van der Waals surface area contributed by atoms with Crippen LogP contribution in [-0.2, 0) is 11.2 Å². The monoisotopic (exact) mass is 711 g/mol. The first-order valence-electron chi connectivity index (χ1n) is 17.9. The summed E-state index contributed by atoms with van der Waals surface area (Å²) in [6, 6.07) is 11.2. The van der Waals surface area contributed by atoms with E-state index in [1.807, 2.05) is 17.9 Å². The molecule has 270 valence electrons. The average molecular weight is 712 g/mol. The number of pyridine rings is 2. The van der Waals surface area contributed by atoms with E-state index >= 15 is 8.78 Å². The Hall–Kier alpha value is -5.04. The average Bonchev–Trinajstić information content (AvgIpc) is 3.69. The molecular formula is C39H40F3N7O3. The second-order valence-electron chi connectivity index (χ2n) is 14.2. The molecular weight excluding hydrogens is 671 g/mol. The number of hydrogen-bond donors (Lipinski definition) is 1. The molecule has 10 nitrogen and oxygen atoms in total. The van der Waals surface area contributed by atoms with E-state index in [1.54, 1.807) is 36.3 Å². The van der Waals surface area contributed by atoms with Crippen molar-refractivity contribution in [2.45, 2.75) is 57.2 Å². The maximum absolute atomic E-state index is 17.0. The van der Waals surface area contributed by atoms with Gasteiger partial charge in [0.2, 0.25) is 5.91 Å². The zero-order valence-electron chi connectivity index (χ0n) is 29.2. The number of phenolic OH excluding ortho intramolecular Hbond substituents is 1. The summed E-state index contributed by atoms with van der Waals surface area (Å²) in [5, 5.41) is 12.0. The number of rotatable bonds is 8. The zero-order valence-corrected chi connectivity index (χ0v) is 29.2. The van der Waals surface area contributed by atoms with E-state index in [2.05, 4.69) is 19.9 Å². The lowest BCUT2D eigenvalue weighted by Crippen LogP contribution is -2.43. The summed E-state index contributed by atoms with van der Waals surface area (Å²) < 4.78 is 52.9. The first kappa shape index (κ1) is 34.1. The van der Waals surface area contributed by atoms with Crippen molar-refractivity contribution in [3.8, 4) is 23.0 Å². The normalized spacial score (nSPS) is 20.9. The van der Waals surface area contributed by atoms with Crippen LogP contribution >= 0.6 is 0 Å². The quantitative estimate of drug-likeness (QED) is 0.190. The maximum Gasteiger partial charge on any atom is 0.319 e. The van der Waals surface area contributed by atoms with Crippen molar-refractivity contribution in [2.75, 3.05) is 49.6 Å². The lowest BCUT2D eigenvalue weighted by molar-refractivity contribution is -0.122. The number of fused-ring (bicyclic) bond motifs is 3. The summed E-state index contributed by atoms with van der Waals surface area (Å²) in [6.45, 7) is 4.04. The van der Waals surface area contributed by atoms with Crippen LogP contribution in [0, 0.1) is 17.6 Å². The van der Waals surface area contributed by atoms with Gasteiger partial charge in [-0.3, -0.25) is 19.6 Å². The van der Waals surface area contributed by atoms with Crippen LogP contribution < -0.4 is 14.5 Å². The molecule has 2 aromatic carbocycles. The standard InChI is InChI=1S/C39H40F3N7O3/c1-3-27-30(41)9-8-24-17-26(50)18-28(32(24)27)34-33(42)35-29(20-44-34)36(46-38(45-35)52-22-39-12-6-14-49(39)21-25(40)19-39)48-15-10-23(11-16-48)37(51)47(2)31-7-4-5-13-43-31/h4-5,7-9,13,17-18,20,23,25,50H,3,6,10-12,14-16,19,21-22H2,1-2H3/t25-,39+/m1/s1. The molecule has 0 spiro atoms. The minimum Gasteiger partial charge on any atom is -0.508 e. The van der Waals surface area contributed by atoms with Crippen molar-refractivity contribution in [3.05, 3.63) is 72.1 Å². The van der Waals surface area contributed by atoms with Gasteiger partial charge in [0.25, 0.3) is 0 Å². The predicted molar refractivity (Wildman–Crippen MR) is 192 cm³/mol. The number of piperidine rings is 1. The van der Waals surface area contributed by atoms with Crippen LogP contribution in [-0.4, -0.2) is 87.4 Å². The molecule has 6 heterocycles. The molecule has 13 heteroatoms. The number of aryl methyl sites for hydroxylation is 1. The third kappa shape index (κ3) is 5.94. The Kier molecular flexibility index (Phi) is 8.84. The van der Waals surface area contributed by atoms with Gasteiger partial charge < -0.3 is 14.7 Å². The Morgan fingerprint density at radius 2 is 1.92 bits per heavy atom. The van der Waals surface area contributed by atoms with Crippen molar-refractivity contribution < 1.29 is 27.8 Å². The number of phenols is 1. The summed E-state index contributed by atoms with van der Waals surface area (Å²) >= 11 is 0. The number of carbonyl (C=O) groups excluding carboxylic acids is 1. The Balaban J connectivity index is 1.18. The Bertz CT molecular complexity index is 2170. The number of carbonyl (C=O) groups is 1. The third-order valence-electron chi connectivity index (χ3n) is 11.1. The van der Waals surface area contributed by atoms with Crippen LogP contribution in [0.4, 0.5) is 24.8 Å². The van der Waals surface area contributed by atoms with Crippen molar-refractivity contribution in [2.24, 2.45) is 5.92 Å². The third-order valence-corrected chi connectivity index (χ3v) is 11.1. The van der Waals surface area contributed by atoms with Gasteiger partial charge in [0, 0.05) is 57.0 Å². The largest absolute Gasteiger partial charge is 0.508 e. The first-order chi connectivity index (χ1) is 25.2. The number of nitrogens with zero attached hydrogens (tertiary/aromatic N) is 7. The van der Waals surface area contributed by atoms with Crippen molar-refractivity contribution in [1.82, 2.24) is 24.8 Å². The fourth-order valence-corrected chi connectivity index (χ4v) is 8.47. The fraction of sp³-hybridized carbons (Fsp3) is 0.410. The number of ether oxygens (including phenoxy) is 1. The van der Waals surface area contributed by atoms with Crippen LogP contribution in [0.1, 0.15) is 44.6 Å². The topological polar surface area (TPSA) is 108 Å². The maximum atomic E-state index is 17.0. The molecule has 5 aromatic rings. The number of anilines is 2. The SMILES string of the molecule is CCc1c(F)ccc2cc(O)cc(-c3ncc4c(N5CCC(C(=O)N(C)c6ccccn6)CC5)nc(OC[C@@]56CCCN5C[C@H](F)C6)nc4c3F)c12. The van der Waals surface area contributed by atoms with Crippen LogP contribution in [0.3, 0.4) is 0 Å². The zero-order chi connectivity index (χ0) is 36.1. The number of benzene rings is 2. The van der Waals surface area contributed by atoms with E-state index in [9.17, 15) is 14.3 Å². The lowest BCUT2D eigenvalue weighted by atomic mass is 9.94. The molecule has 0 unspecified atom stereocenters. The Morgan fingerprint density at radius 3 is 2.69 bits per heavy atom. The van der Waals surface area contributed by atoms with Crippen molar-refractivity contribution in [3.63, 3.8) is 0 Å². The molecule has 3 aliphatic rings. The highest BCUT2D eigenvalue weighted by Gasteiger charge is 2.49. The summed E-state index contributed by atoms with van der Waals surface area (Å²) in [6.07, 6.45) is 5.68. The van der Waals surface area contributed by atoms with Gasteiger partial charge in [-0.15, -0.1) is 0 Å². The summed E-state index contributed by atoms with van der Waals surface area (Å²) in [5.74, 6) is -0.597. The molecule has 8 rings (SSSR count). The van der Waals surface area contributed by atoms with Gasteiger partial charge in [-0.05, 0) is 85.3 Å². The minimum atomic E-state index is -0.946. The van der Waals surface area contributed by atoms with Crippen molar-refractivity contribution in [1.29, 1.82) is 0 Å². The summed E-state index contributed by atoms with van der Waals surface area (Å²) in [7, 11) is 1.72. The number of aromatic hydroxyl groups is 1. The van der Waals surface area contributed by atoms with E-state index in [0.29, 0.717) is 78.7 Å². The van der Waals surface area contributed by atoms with Crippen LogP contribution in [0.2, 0.25) is 0 Å². The summed E-state index contributed by atoms with van der Waals surface area (Å²) in [5.41, 5.74) is 0.0159. The number of halogens is 3. The molecule has 0 saturated carbocycles. The lowest BCUT2D eigenvalue weighted by Gasteiger charge is -2.34. The number of amides is 1. The van der Waals surface area contributed by atoms with E-state index in [-0.39, 0.29) is 47.0 Å². The number of aromatic nitrogens is 4. The Labute approximate surface area is 299 Å². The smallest absolute Gasteiger partial charge is 0.319 e. The van der Waals surface area contributed by atoms with Gasteiger partial charge in [0.05, 0.1) is 10.9 Å². The van der Waals surface area contributed by atoms with E-state index in [1.165, 1.54) is 24.4 Å². The van der Waals surface area contributed by atoms with E-state index in [0.717, 1.165) is 19.4 Å². The van der Waals surface area contributed by atoms with E-state index < -0.39 is 23.3 Å². The molecule has 3 aliphatic heterocycles. The van der Waals surface area contributed by atoms with Gasteiger partial charge >= 0.3 is 6.01 Å². The molecule has 3 saturated heterocycles. The Morgan fingerprint density at radius 1 is 1.10 bits per heavy atom. The molecule has 3 fully saturated rings. The van der Waals surface area contributed by atoms with E-state index in [4.69, 9.17) is 9.72 Å². The second-order valence-corrected chi connectivity index (χ2v) is 14.2. The van der Waals surface area contributed by atoms with Crippen LogP contribution in [0.5, 0.6) is 11.8 Å². The van der Waals surface area contributed by atoms with Gasteiger partial charge in [-0.25, -0.2) is 18.2 Å². The molecule has 0 aliphatic carbocycles. The number of hydrogen-bond acceptors (Lipinski definition) is 9. The van der Waals surface area contributed by atoms with Gasteiger partial charge in [-0.1, -0.05) is 19.1 Å². The second kappa shape index (κ2) is 13.5. The molecule has 1 amide bonds. The molecule has 0 radical (unpaired) electrons. The van der Waals surface area contributed by atoms with Crippen LogP contribution in [0.25, 0.3) is 32.9 Å².